The summed E-state index contributed by atoms with van der Waals surface area (Å²) < 4.78 is 5.44. The van der Waals surface area contributed by atoms with Crippen molar-refractivity contribution in [2.45, 2.75) is 18.9 Å². The Morgan fingerprint density at radius 3 is 2.58 bits per heavy atom. The zero-order chi connectivity index (χ0) is 8.60. The van der Waals surface area contributed by atoms with Crippen molar-refractivity contribution in [3.05, 3.63) is 0 Å². The molecule has 3 heteroatoms. The van der Waals surface area contributed by atoms with Crippen LogP contribution < -0.4 is 5.73 Å². The molecular formula is C9H18N2O. The molecule has 70 valence electrons. The van der Waals surface area contributed by atoms with Gasteiger partial charge < -0.3 is 15.4 Å². The summed E-state index contributed by atoms with van der Waals surface area (Å²) in [5.74, 6) is 0. The smallest absolute Gasteiger partial charge is 0.0624 e. The third-order valence-corrected chi connectivity index (χ3v) is 3.46. The Balaban J connectivity index is 2.02. The Labute approximate surface area is 73.9 Å². The van der Waals surface area contributed by atoms with Crippen LogP contribution >= 0.6 is 0 Å². The fourth-order valence-corrected chi connectivity index (χ4v) is 2.25. The molecule has 0 aromatic carbocycles. The van der Waals surface area contributed by atoms with Gasteiger partial charge in [0.2, 0.25) is 0 Å². The first-order valence-electron chi connectivity index (χ1n) is 4.75. The molecule has 3 nitrogen and oxygen atoms in total. The molecule has 0 saturated carbocycles. The summed E-state index contributed by atoms with van der Waals surface area (Å²) >= 11 is 0. The van der Waals surface area contributed by atoms with Gasteiger partial charge in [-0.05, 0) is 33.0 Å². The lowest BCUT2D eigenvalue weighted by Crippen LogP contribution is -2.48. The maximum Gasteiger partial charge on any atom is 0.0624 e. The number of ether oxygens (including phenoxy) is 1. The van der Waals surface area contributed by atoms with E-state index in [1.807, 2.05) is 0 Å². The molecule has 2 N–H and O–H groups in total. The van der Waals surface area contributed by atoms with E-state index in [9.17, 15) is 0 Å². The van der Waals surface area contributed by atoms with Crippen molar-refractivity contribution in [3.63, 3.8) is 0 Å². The quantitative estimate of drug-likeness (QED) is 0.558. The standard InChI is InChI=1S/C9H18N2O/c1-11-4-2-9(3-5-11)7-12-6-8(9)10/h8H,2-7,10H2,1H3. The fraction of sp³-hybridized carbons (Fsp3) is 1.00. The van der Waals surface area contributed by atoms with Gasteiger partial charge in [-0.15, -0.1) is 0 Å². The van der Waals surface area contributed by atoms with Crippen LogP contribution in [0.2, 0.25) is 0 Å². The second-order valence-corrected chi connectivity index (χ2v) is 4.29. The number of piperidine rings is 1. The highest BCUT2D eigenvalue weighted by molar-refractivity contribution is 4.96. The molecule has 2 heterocycles. The summed E-state index contributed by atoms with van der Waals surface area (Å²) in [6.07, 6.45) is 2.43. The van der Waals surface area contributed by atoms with Gasteiger partial charge in [-0.1, -0.05) is 0 Å². The van der Waals surface area contributed by atoms with E-state index < -0.39 is 0 Å². The molecule has 2 fully saturated rings. The molecule has 2 aliphatic rings. The summed E-state index contributed by atoms with van der Waals surface area (Å²) in [4.78, 5) is 2.37. The summed E-state index contributed by atoms with van der Waals surface area (Å²) in [6, 6.07) is 0.284. The maximum atomic E-state index is 6.05. The van der Waals surface area contributed by atoms with Crippen molar-refractivity contribution in [1.29, 1.82) is 0 Å². The van der Waals surface area contributed by atoms with Gasteiger partial charge in [0.1, 0.15) is 0 Å². The average Bonchev–Trinajstić information content (AvgIpc) is 2.41. The van der Waals surface area contributed by atoms with Crippen molar-refractivity contribution in [2.75, 3.05) is 33.4 Å². The topological polar surface area (TPSA) is 38.5 Å². The average molecular weight is 170 g/mol. The van der Waals surface area contributed by atoms with Crippen molar-refractivity contribution < 1.29 is 4.74 Å². The molecule has 2 saturated heterocycles. The van der Waals surface area contributed by atoms with Crippen LogP contribution in [-0.2, 0) is 4.74 Å². The summed E-state index contributed by atoms with van der Waals surface area (Å²) in [7, 11) is 2.17. The van der Waals surface area contributed by atoms with Gasteiger partial charge in [-0.3, -0.25) is 0 Å². The minimum absolute atomic E-state index is 0.284. The predicted molar refractivity (Wildman–Crippen MR) is 48.0 cm³/mol. The van der Waals surface area contributed by atoms with E-state index >= 15 is 0 Å². The number of hydrogen-bond acceptors (Lipinski definition) is 3. The molecule has 1 unspecified atom stereocenters. The number of likely N-dealkylation sites (tertiary alicyclic amines) is 1. The van der Waals surface area contributed by atoms with Crippen LogP contribution in [0.25, 0.3) is 0 Å². The highest BCUT2D eigenvalue weighted by Gasteiger charge is 2.43. The minimum atomic E-state index is 0.284. The van der Waals surface area contributed by atoms with Crippen molar-refractivity contribution >= 4 is 0 Å². The van der Waals surface area contributed by atoms with Crippen LogP contribution in [0.5, 0.6) is 0 Å². The Bertz CT molecular complexity index is 164. The first-order valence-corrected chi connectivity index (χ1v) is 4.75. The summed E-state index contributed by atoms with van der Waals surface area (Å²) in [5.41, 5.74) is 6.37. The highest BCUT2D eigenvalue weighted by atomic mass is 16.5. The molecule has 0 amide bonds. The van der Waals surface area contributed by atoms with Gasteiger partial charge in [-0.2, -0.15) is 0 Å². The molecule has 1 atom stereocenters. The Morgan fingerprint density at radius 1 is 1.42 bits per heavy atom. The Kier molecular flexibility index (Phi) is 2.10. The zero-order valence-electron chi connectivity index (χ0n) is 7.75. The largest absolute Gasteiger partial charge is 0.379 e. The van der Waals surface area contributed by atoms with E-state index in [0.717, 1.165) is 13.2 Å². The molecule has 0 aliphatic carbocycles. The number of nitrogens with zero attached hydrogens (tertiary/aromatic N) is 1. The highest BCUT2D eigenvalue weighted by Crippen LogP contribution is 2.37. The van der Waals surface area contributed by atoms with Gasteiger partial charge in [0.15, 0.2) is 0 Å². The molecule has 2 aliphatic heterocycles. The summed E-state index contributed by atoms with van der Waals surface area (Å²) in [5, 5.41) is 0. The fourth-order valence-electron chi connectivity index (χ4n) is 2.25. The van der Waals surface area contributed by atoms with E-state index in [1.165, 1.54) is 25.9 Å². The van der Waals surface area contributed by atoms with Crippen molar-refractivity contribution in [1.82, 2.24) is 4.90 Å². The molecule has 1 spiro atoms. The van der Waals surface area contributed by atoms with Gasteiger partial charge >= 0.3 is 0 Å². The van der Waals surface area contributed by atoms with E-state index in [2.05, 4.69) is 11.9 Å². The monoisotopic (exact) mass is 170 g/mol. The van der Waals surface area contributed by atoms with E-state index in [1.54, 1.807) is 0 Å². The first-order chi connectivity index (χ1) is 5.73. The summed E-state index contributed by atoms with van der Waals surface area (Å²) in [6.45, 7) is 4.01. The van der Waals surface area contributed by atoms with Gasteiger partial charge in [0.05, 0.1) is 13.2 Å². The molecular weight excluding hydrogens is 152 g/mol. The van der Waals surface area contributed by atoms with Crippen LogP contribution in [0.3, 0.4) is 0 Å². The van der Waals surface area contributed by atoms with E-state index in [0.29, 0.717) is 5.41 Å². The van der Waals surface area contributed by atoms with Crippen LogP contribution in [0.15, 0.2) is 0 Å². The molecule has 0 radical (unpaired) electrons. The van der Waals surface area contributed by atoms with E-state index in [-0.39, 0.29) is 6.04 Å². The molecule has 0 aromatic rings. The maximum absolute atomic E-state index is 6.05. The van der Waals surface area contributed by atoms with Crippen molar-refractivity contribution in [2.24, 2.45) is 11.1 Å². The number of rotatable bonds is 0. The first kappa shape index (κ1) is 8.48. The lowest BCUT2D eigenvalue weighted by Gasteiger charge is -2.39. The number of nitrogens with two attached hydrogens (primary N) is 1. The van der Waals surface area contributed by atoms with Crippen molar-refractivity contribution in [3.8, 4) is 0 Å². The lowest BCUT2D eigenvalue weighted by molar-refractivity contribution is 0.0873. The van der Waals surface area contributed by atoms with Gasteiger partial charge in [0.25, 0.3) is 0 Å². The third-order valence-electron chi connectivity index (χ3n) is 3.46. The van der Waals surface area contributed by atoms with Crippen LogP contribution in [-0.4, -0.2) is 44.3 Å². The SMILES string of the molecule is CN1CCC2(CC1)COCC2N. The third kappa shape index (κ3) is 1.26. The number of hydrogen-bond donors (Lipinski definition) is 1. The van der Waals surface area contributed by atoms with Crippen LogP contribution in [0.4, 0.5) is 0 Å². The second kappa shape index (κ2) is 2.98. The molecule has 0 bridgehead atoms. The van der Waals surface area contributed by atoms with Crippen LogP contribution in [0, 0.1) is 5.41 Å². The zero-order valence-corrected chi connectivity index (χ0v) is 7.75. The minimum Gasteiger partial charge on any atom is -0.379 e. The normalized spacial score (nSPS) is 36.0. The predicted octanol–water partition coefficient (Wildman–Crippen LogP) is 0.0559. The Hall–Kier alpha value is -0.120. The van der Waals surface area contributed by atoms with Gasteiger partial charge in [-0.25, -0.2) is 0 Å². The van der Waals surface area contributed by atoms with Crippen LogP contribution in [0.1, 0.15) is 12.8 Å². The van der Waals surface area contributed by atoms with Gasteiger partial charge in [0, 0.05) is 11.5 Å². The molecule has 0 aromatic heterocycles. The second-order valence-electron chi connectivity index (χ2n) is 4.29. The Morgan fingerprint density at radius 2 is 2.08 bits per heavy atom. The molecule has 12 heavy (non-hydrogen) atoms. The van der Waals surface area contributed by atoms with E-state index in [4.69, 9.17) is 10.5 Å². The molecule has 2 rings (SSSR count). The lowest BCUT2D eigenvalue weighted by atomic mass is 9.75.